The smallest absolute Gasteiger partial charge is 0.0196 e. The summed E-state index contributed by atoms with van der Waals surface area (Å²) in [6.45, 7) is 13.7. The van der Waals surface area contributed by atoms with Crippen LogP contribution in [-0.4, -0.2) is 5.75 Å². The first kappa shape index (κ1) is 15.4. The van der Waals surface area contributed by atoms with Gasteiger partial charge in [0.25, 0.3) is 0 Å². The molecule has 1 heteroatoms. The third kappa shape index (κ3) is 2.61. The van der Waals surface area contributed by atoms with Crippen LogP contribution in [0.2, 0.25) is 0 Å². The van der Waals surface area contributed by atoms with E-state index in [1.165, 1.54) is 27.8 Å². The lowest BCUT2D eigenvalue weighted by Gasteiger charge is -2.27. The van der Waals surface area contributed by atoms with E-state index < -0.39 is 0 Å². The zero-order chi connectivity index (χ0) is 14.9. The van der Waals surface area contributed by atoms with E-state index in [-0.39, 0.29) is 5.41 Å². The number of benzene rings is 1. The van der Waals surface area contributed by atoms with Crippen molar-refractivity contribution in [2.75, 3.05) is 5.75 Å². The molecule has 0 saturated carbocycles. The number of rotatable bonds is 4. The summed E-state index contributed by atoms with van der Waals surface area (Å²) < 4.78 is 0. The number of aryl methyl sites for hydroxylation is 2. The van der Waals surface area contributed by atoms with Crippen molar-refractivity contribution in [1.29, 1.82) is 0 Å². The van der Waals surface area contributed by atoms with Gasteiger partial charge in [-0.2, -0.15) is 0 Å². The highest BCUT2D eigenvalue weighted by molar-refractivity contribution is 8.02. The van der Waals surface area contributed by atoms with Gasteiger partial charge >= 0.3 is 0 Å². The van der Waals surface area contributed by atoms with E-state index in [1.54, 1.807) is 5.57 Å². The predicted octanol–water partition coefficient (Wildman–Crippen LogP) is 5.94. The van der Waals surface area contributed by atoms with E-state index in [9.17, 15) is 0 Å². The Morgan fingerprint density at radius 3 is 2.50 bits per heavy atom. The van der Waals surface area contributed by atoms with E-state index in [2.05, 4.69) is 65.2 Å². The summed E-state index contributed by atoms with van der Waals surface area (Å²) in [5, 5.41) is 2.24. The molecule has 1 aromatic rings. The number of allylic oxidation sites excluding steroid dienone is 1. The summed E-state index contributed by atoms with van der Waals surface area (Å²) in [6, 6.07) is 2.34. The second kappa shape index (κ2) is 5.81. The average Bonchev–Trinajstić information content (AvgIpc) is 2.64. The van der Waals surface area contributed by atoms with Crippen molar-refractivity contribution < 1.29 is 0 Å². The van der Waals surface area contributed by atoms with Crippen molar-refractivity contribution in [1.82, 2.24) is 0 Å². The number of thioether (sulfide) groups is 1. The Labute approximate surface area is 128 Å². The molecule has 1 aromatic carbocycles. The Balaban J connectivity index is 2.37. The highest BCUT2D eigenvalue weighted by atomic mass is 32.2. The van der Waals surface area contributed by atoms with Gasteiger partial charge in [-0.05, 0) is 66.0 Å². The van der Waals surface area contributed by atoms with Gasteiger partial charge in [-0.15, -0.1) is 11.8 Å². The zero-order valence-electron chi connectivity index (χ0n) is 13.6. The van der Waals surface area contributed by atoms with Crippen LogP contribution in [0.5, 0.6) is 0 Å². The van der Waals surface area contributed by atoms with Crippen LogP contribution < -0.4 is 0 Å². The van der Waals surface area contributed by atoms with Crippen LogP contribution in [-0.2, 0) is 5.41 Å². The molecule has 1 aliphatic carbocycles. The Morgan fingerprint density at radius 1 is 1.15 bits per heavy atom. The normalized spacial score (nSPS) is 16.6. The maximum Gasteiger partial charge on any atom is 0.0196 e. The zero-order valence-corrected chi connectivity index (χ0v) is 14.4. The van der Waals surface area contributed by atoms with Crippen molar-refractivity contribution in [2.24, 2.45) is 0 Å². The van der Waals surface area contributed by atoms with Gasteiger partial charge in [-0.25, -0.2) is 0 Å². The van der Waals surface area contributed by atoms with E-state index in [0.29, 0.717) is 0 Å². The van der Waals surface area contributed by atoms with Gasteiger partial charge in [0.05, 0.1) is 0 Å². The lowest BCUT2D eigenvalue weighted by Crippen LogP contribution is -2.20. The fourth-order valence-corrected chi connectivity index (χ4v) is 4.22. The summed E-state index contributed by atoms with van der Waals surface area (Å²) in [4.78, 5) is 0. The molecule has 0 saturated heterocycles. The van der Waals surface area contributed by atoms with Gasteiger partial charge in [0.1, 0.15) is 0 Å². The lowest BCUT2D eigenvalue weighted by atomic mass is 9.78. The van der Waals surface area contributed by atoms with E-state index in [0.717, 1.165) is 12.2 Å². The van der Waals surface area contributed by atoms with Gasteiger partial charge in [0.2, 0.25) is 0 Å². The van der Waals surface area contributed by atoms with Gasteiger partial charge in [-0.1, -0.05) is 39.0 Å². The third-order valence-electron chi connectivity index (χ3n) is 4.51. The minimum Gasteiger partial charge on any atom is -0.130 e. The molecule has 0 amide bonds. The van der Waals surface area contributed by atoms with Crippen molar-refractivity contribution in [3.05, 3.63) is 50.9 Å². The molecular formula is C19H26S. The van der Waals surface area contributed by atoms with Gasteiger partial charge in [0, 0.05) is 11.2 Å². The van der Waals surface area contributed by atoms with E-state index in [1.807, 2.05) is 11.8 Å². The molecule has 0 fully saturated rings. The van der Waals surface area contributed by atoms with Crippen LogP contribution in [0.3, 0.4) is 0 Å². The van der Waals surface area contributed by atoms with Crippen LogP contribution in [0, 0.1) is 20.8 Å². The minimum atomic E-state index is 0.172. The molecule has 108 valence electrons. The Morgan fingerprint density at radius 2 is 1.85 bits per heavy atom. The van der Waals surface area contributed by atoms with Crippen molar-refractivity contribution in [3.63, 3.8) is 0 Å². The Hall–Kier alpha value is -0.950. The van der Waals surface area contributed by atoms with Crippen LogP contribution in [0.25, 0.3) is 6.08 Å². The molecule has 0 unspecified atom stereocenters. The summed E-state index contributed by atoms with van der Waals surface area (Å²) in [5.41, 5.74) is 9.03. The summed E-state index contributed by atoms with van der Waals surface area (Å²) in [6.07, 6.45) is 5.80. The fourth-order valence-electron chi connectivity index (χ4n) is 3.17. The third-order valence-corrected chi connectivity index (χ3v) is 5.37. The number of fused-ring (bicyclic) bond motifs is 1. The first-order chi connectivity index (χ1) is 9.39. The number of hydrogen-bond donors (Lipinski definition) is 0. The largest absolute Gasteiger partial charge is 0.130 e. The second-order valence-electron chi connectivity index (χ2n) is 6.31. The number of hydrogen-bond acceptors (Lipinski definition) is 1. The topological polar surface area (TPSA) is 0 Å². The SMILES string of the molecule is CC/C=C/SCC1=Cc2c(C)c(C)cc(C)c2C1(C)C. The first-order valence-corrected chi connectivity index (χ1v) is 8.53. The van der Waals surface area contributed by atoms with Crippen LogP contribution in [0.15, 0.2) is 23.1 Å². The van der Waals surface area contributed by atoms with E-state index in [4.69, 9.17) is 0 Å². The average molecular weight is 286 g/mol. The molecule has 0 aromatic heterocycles. The van der Waals surface area contributed by atoms with Crippen molar-refractivity contribution >= 4 is 17.8 Å². The molecule has 2 rings (SSSR count). The summed E-state index contributed by atoms with van der Waals surface area (Å²) in [7, 11) is 0. The molecule has 0 spiro atoms. The Kier molecular flexibility index (Phi) is 4.49. The molecular weight excluding hydrogens is 260 g/mol. The molecule has 0 N–H and O–H groups in total. The quantitative estimate of drug-likeness (QED) is 0.659. The van der Waals surface area contributed by atoms with Crippen LogP contribution in [0.4, 0.5) is 0 Å². The van der Waals surface area contributed by atoms with Gasteiger partial charge in [0.15, 0.2) is 0 Å². The minimum absolute atomic E-state index is 0.172. The van der Waals surface area contributed by atoms with Gasteiger partial charge < -0.3 is 0 Å². The molecule has 0 aliphatic heterocycles. The van der Waals surface area contributed by atoms with Crippen LogP contribution >= 0.6 is 11.8 Å². The molecule has 0 heterocycles. The summed E-state index contributed by atoms with van der Waals surface area (Å²) in [5.74, 6) is 1.09. The molecule has 1 aliphatic rings. The standard InChI is InChI=1S/C19H26S/c1-7-8-9-20-12-16-11-17-15(4)13(2)10-14(3)18(17)19(16,5)6/h8-11H,7,12H2,1-6H3/b9-8+. The maximum absolute atomic E-state index is 2.44. The lowest BCUT2D eigenvalue weighted by molar-refractivity contribution is 0.637. The van der Waals surface area contributed by atoms with Crippen LogP contribution in [0.1, 0.15) is 55.0 Å². The summed E-state index contributed by atoms with van der Waals surface area (Å²) >= 11 is 1.92. The highest BCUT2D eigenvalue weighted by Gasteiger charge is 2.34. The second-order valence-corrected chi connectivity index (χ2v) is 7.20. The fraction of sp³-hybridized carbons (Fsp3) is 0.474. The molecule has 0 nitrogen and oxygen atoms in total. The van der Waals surface area contributed by atoms with Gasteiger partial charge in [-0.3, -0.25) is 0 Å². The molecule has 20 heavy (non-hydrogen) atoms. The van der Waals surface area contributed by atoms with Crippen molar-refractivity contribution in [2.45, 2.75) is 53.4 Å². The highest BCUT2D eigenvalue weighted by Crippen LogP contribution is 2.46. The first-order valence-electron chi connectivity index (χ1n) is 7.48. The van der Waals surface area contributed by atoms with Crippen molar-refractivity contribution in [3.8, 4) is 0 Å². The predicted molar refractivity (Wildman–Crippen MR) is 93.5 cm³/mol. The molecule has 0 atom stereocenters. The monoisotopic (exact) mass is 286 g/mol. The molecule has 0 bridgehead atoms. The van der Waals surface area contributed by atoms with E-state index >= 15 is 0 Å². The molecule has 0 radical (unpaired) electrons. The Bertz CT molecular complexity index is 574. The maximum atomic E-state index is 2.44.